The summed E-state index contributed by atoms with van der Waals surface area (Å²) in [4.78, 5) is 4.36. The van der Waals surface area contributed by atoms with Crippen LogP contribution < -0.4 is 20.4 Å². The topological polar surface area (TPSA) is 6.48 Å². The highest BCUT2D eigenvalue weighted by Gasteiger charge is 2.08. The first kappa shape index (κ1) is 13.9. The van der Waals surface area contributed by atoms with Crippen molar-refractivity contribution in [1.82, 2.24) is 0 Å². The summed E-state index contributed by atoms with van der Waals surface area (Å²) in [7, 11) is 9.07. The zero-order valence-corrected chi connectivity index (χ0v) is 13.0. The molecule has 0 amide bonds. The van der Waals surface area contributed by atoms with Crippen LogP contribution in [0.15, 0.2) is 48.5 Å². The first-order valence-electron chi connectivity index (χ1n) is 6.39. The molecule has 0 atom stereocenters. The minimum Gasteiger partial charge on any atom is -0.377 e. The molecule has 0 aromatic heterocycles. The molecule has 0 radical (unpaired) electrons. The van der Waals surface area contributed by atoms with E-state index in [1.54, 1.807) is 0 Å². The summed E-state index contributed by atoms with van der Waals surface area (Å²) in [5.41, 5.74) is 2.60. The molecule has 3 heteroatoms. The fraction of sp³-hybridized carbons (Fsp3) is 0.250. The molecule has 2 rings (SSSR count). The first-order valence-corrected chi connectivity index (χ1v) is 7.39. The Bertz CT molecular complexity index is 500. The molecular weight excluding hydrogens is 251 g/mol. The van der Waals surface area contributed by atoms with Gasteiger partial charge in [-0.2, -0.15) is 0 Å². The number of hydrogen-bond acceptors (Lipinski definition) is 2. The largest absolute Gasteiger partial charge is 0.377 e. The average Bonchev–Trinajstić information content (AvgIpc) is 2.39. The quantitative estimate of drug-likeness (QED) is 0.789. The highest BCUT2D eigenvalue weighted by molar-refractivity contribution is 7.56. The molecule has 0 bridgehead atoms. The van der Waals surface area contributed by atoms with Crippen LogP contribution in [-0.4, -0.2) is 28.2 Å². The molecule has 2 aromatic rings. The Balaban J connectivity index is 2.37. The summed E-state index contributed by atoms with van der Waals surface area (Å²) in [6.45, 7) is 0. The second-order valence-corrected chi connectivity index (χ2v) is 6.28. The van der Waals surface area contributed by atoms with Gasteiger partial charge >= 0.3 is 0 Å². The van der Waals surface area contributed by atoms with Gasteiger partial charge in [0.1, 0.15) is 0 Å². The van der Waals surface area contributed by atoms with Crippen molar-refractivity contribution in [3.63, 3.8) is 0 Å². The number of nitrogens with zero attached hydrogens (tertiary/aromatic N) is 2. The normalized spacial score (nSPS) is 10.3. The lowest BCUT2D eigenvalue weighted by atomic mass is 10.3. The number of benzene rings is 2. The van der Waals surface area contributed by atoms with Crippen molar-refractivity contribution >= 4 is 30.6 Å². The molecular formula is C16H21N2P. The van der Waals surface area contributed by atoms with Crippen LogP contribution in [0.1, 0.15) is 0 Å². The van der Waals surface area contributed by atoms with E-state index < -0.39 is 0 Å². The number of hydrogen-bond donors (Lipinski definition) is 0. The predicted octanol–water partition coefficient (Wildman–Crippen LogP) is 2.45. The second-order valence-electron chi connectivity index (χ2n) is 4.95. The molecule has 100 valence electrons. The highest BCUT2D eigenvalue weighted by Crippen LogP contribution is 2.23. The summed E-state index contributed by atoms with van der Waals surface area (Å²) < 4.78 is 0. The summed E-state index contributed by atoms with van der Waals surface area (Å²) >= 11 is 0. The van der Waals surface area contributed by atoms with E-state index in [2.05, 4.69) is 86.5 Å². The molecule has 0 spiro atoms. The lowest BCUT2D eigenvalue weighted by molar-refractivity contribution is 1.14. The van der Waals surface area contributed by atoms with Crippen LogP contribution in [0.2, 0.25) is 0 Å². The number of anilines is 2. The Morgan fingerprint density at radius 3 is 1.37 bits per heavy atom. The minimum atomic E-state index is 0.677. The summed E-state index contributed by atoms with van der Waals surface area (Å²) in [5, 5.41) is 2.78. The van der Waals surface area contributed by atoms with Crippen molar-refractivity contribution in [3.05, 3.63) is 48.5 Å². The zero-order valence-electron chi connectivity index (χ0n) is 12.0. The van der Waals surface area contributed by atoms with Crippen LogP contribution in [0.3, 0.4) is 0 Å². The van der Waals surface area contributed by atoms with Gasteiger partial charge in [0.2, 0.25) is 0 Å². The van der Waals surface area contributed by atoms with Crippen molar-refractivity contribution < 1.29 is 0 Å². The Morgan fingerprint density at radius 1 is 0.632 bits per heavy atom. The molecule has 0 aliphatic carbocycles. The maximum atomic E-state index is 2.22. The van der Waals surface area contributed by atoms with Gasteiger partial charge in [0.05, 0.1) is 0 Å². The molecule has 0 saturated carbocycles. The van der Waals surface area contributed by atoms with E-state index in [-0.39, 0.29) is 0 Å². The Labute approximate surface area is 117 Å². The van der Waals surface area contributed by atoms with Gasteiger partial charge in [0.25, 0.3) is 0 Å². The van der Waals surface area contributed by atoms with Crippen LogP contribution in [0.4, 0.5) is 11.4 Å². The van der Waals surface area contributed by atoms with Gasteiger partial charge in [-0.05, 0) is 12.1 Å². The van der Waals surface area contributed by atoms with Gasteiger partial charge in [0, 0.05) is 50.2 Å². The van der Waals surface area contributed by atoms with Gasteiger partial charge in [-0.15, -0.1) is 0 Å². The van der Waals surface area contributed by atoms with Crippen molar-refractivity contribution in [2.75, 3.05) is 38.0 Å². The maximum Gasteiger partial charge on any atom is 0.0439 e. The molecule has 0 saturated heterocycles. The van der Waals surface area contributed by atoms with Gasteiger partial charge in [0.15, 0.2) is 0 Å². The smallest absolute Gasteiger partial charge is 0.0439 e. The van der Waals surface area contributed by atoms with E-state index in [0.29, 0.717) is 8.58 Å². The third-order valence-electron chi connectivity index (χ3n) is 3.04. The Kier molecular flexibility index (Phi) is 4.44. The van der Waals surface area contributed by atoms with E-state index in [9.17, 15) is 0 Å². The van der Waals surface area contributed by atoms with Crippen molar-refractivity contribution in [2.45, 2.75) is 0 Å². The molecule has 2 nitrogen and oxygen atoms in total. The Morgan fingerprint density at radius 2 is 1.00 bits per heavy atom. The third kappa shape index (κ3) is 3.27. The summed E-state index contributed by atoms with van der Waals surface area (Å²) in [6, 6.07) is 17.2. The van der Waals surface area contributed by atoms with Crippen LogP contribution in [0.5, 0.6) is 0 Å². The van der Waals surface area contributed by atoms with Gasteiger partial charge in [-0.1, -0.05) is 45.0 Å². The summed E-state index contributed by atoms with van der Waals surface area (Å²) in [5.74, 6) is 0. The number of rotatable bonds is 4. The van der Waals surface area contributed by atoms with Crippen molar-refractivity contribution in [1.29, 1.82) is 0 Å². The molecule has 0 heterocycles. The zero-order chi connectivity index (χ0) is 13.8. The molecule has 0 aliphatic heterocycles. The molecule has 0 aliphatic rings. The van der Waals surface area contributed by atoms with Crippen LogP contribution >= 0.6 is 8.58 Å². The third-order valence-corrected chi connectivity index (χ3v) is 4.43. The first-order chi connectivity index (χ1) is 9.09. The van der Waals surface area contributed by atoms with Gasteiger partial charge < -0.3 is 9.80 Å². The van der Waals surface area contributed by atoms with E-state index >= 15 is 0 Å². The monoisotopic (exact) mass is 272 g/mol. The Hall–Kier alpha value is -1.53. The molecule has 0 fully saturated rings. The van der Waals surface area contributed by atoms with Gasteiger partial charge in [-0.25, -0.2) is 0 Å². The number of para-hydroxylation sites is 2. The SMILES string of the molecule is CN(C)c1ccccc1Pc1ccccc1N(C)C. The molecule has 2 aromatic carbocycles. The lowest BCUT2D eigenvalue weighted by Gasteiger charge is -2.20. The van der Waals surface area contributed by atoms with Gasteiger partial charge in [-0.3, -0.25) is 0 Å². The van der Waals surface area contributed by atoms with E-state index in [0.717, 1.165) is 0 Å². The van der Waals surface area contributed by atoms with Crippen LogP contribution in [-0.2, 0) is 0 Å². The lowest BCUT2D eigenvalue weighted by Crippen LogP contribution is -2.20. The predicted molar refractivity (Wildman–Crippen MR) is 89.1 cm³/mol. The standard InChI is InChI=1S/C16H21N2P/c1-17(2)13-9-5-7-11-15(13)19-16-12-8-6-10-14(16)18(3)4/h5-12,19H,1-4H3. The summed E-state index contributed by atoms with van der Waals surface area (Å²) in [6.07, 6.45) is 0. The van der Waals surface area contributed by atoms with Crippen LogP contribution in [0, 0.1) is 0 Å². The minimum absolute atomic E-state index is 0.677. The second kappa shape index (κ2) is 6.08. The van der Waals surface area contributed by atoms with E-state index in [1.807, 2.05) is 0 Å². The van der Waals surface area contributed by atoms with E-state index in [4.69, 9.17) is 0 Å². The van der Waals surface area contributed by atoms with Crippen molar-refractivity contribution in [2.24, 2.45) is 0 Å². The maximum absolute atomic E-state index is 2.22. The van der Waals surface area contributed by atoms with Crippen molar-refractivity contribution in [3.8, 4) is 0 Å². The highest BCUT2D eigenvalue weighted by atomic mass is 31.1. The molecule has 19 heavy (non-hydrogen) atoms. The fourth-order valence-corrected chi connectivity index (χ4v) is 3.60. The average molecular weight is 272 g/mol. The fourth-order valence-electron chi connectivity index (χ4n) is 2.08. The van der Waals surface area contributed by atoms with Crippen LogP contribution in [0.25, 0.3) is 0 Å². The molecule has 0 unspecified atom stereocenters. The molecule has 0 N–H and O–H groups in total. The van der Waals surface area contributed by atoms with E-state index in [1.165, 1.54) is 22.0 Å².